The maximum Gasteiger partial charge on any atom is 0.283 e. The van der Waals surface area contributed by atoms with Crippen LogP contribution in [-0.4, -0.2) is 13.1 Å². The normalized spacial score (nSPS) is 15.2. The van der Waals surface area contributed by atoms with Crippen molar-refractivity contribution < 1.29 is 4.73 Å². The lowest BCUT2D eigenvalue weighted by Crippen LogP contribution is -2.38. The highest BCUT2D eigenvalue weighted by atomic mass is 16.5. The van der Waals surface area contributed by atoms with Gasteiger partial charge in [0.15, 0.2) is 0 Å². The van der Waals surface area contributed by atoms with Gasteiger partial charge >= 0.3 is 0 Å². The predicted octanol–water partition coefficient (Wildman–Crippen LogP) is 3.42. The van der Waals surface area contributed by atoms with E-state index in [1.54, 1.807) is 6.20 Å². The van der Waals surface area contributed by atoms with Gasteiger partial charge in [0, 0.05) is 10.9 Å². The van der Waals surface area contributed by atoms with Gasteiger partial charge in [0.2, 0.25) is 0 Å². The highest BCUT2D eigenvalue weighted by molar-refractivity contribution is 5.87. The first-order valence-corrected chi connectivity index (χ1v) is 7.70. The van der Waals surface area contributed by atoms with Gasteiger partial charge in [-0.2, -0.15) is 0 Å². The molecule has 3 nitrogen and oxygen atoms in total. The van der Waals surface area contributed by atoms with E-state index >= 15 is 0 Å². The third-order valence-corrected chi connectivity index (χ3v) is 4.21. The van der Waals surface area contributed by atoms with Crippen LogP contribution >= 0.6 is 0 Å². The first-order valence-electron chi connectivity index (χ1n) is 7.70. The van der Waals surface area contributed by atoms with E-state index in [0.717, 1.165) is 48.3 Å². The molecule has 1 fully saturated rings. The van der Waals surface area contributed by atoms with Gasteiger partial charge in [-0.15, -0.1) is 0 Å². The molecule has 0 aliphatic carbocycles. The summed E-state index contributed by atoms with van der Waals surface area (Å²) >= 11 is 0. The van der Waals surface area contributed by atoms with Gasteiger partial charge in [0.1, 0.15) is 6.20 Å². The van der Waals surface area contributed by atoms with Gasteiger partial charge < -0.3 is 5.21 Å². The number of hydrogen-bond donors (Lipinski definition) is 0. The smallest absolute Gasteiger partial charge is 0.283 e. The van der Waals surface area contributed by atoms with E-state index in [9.17, 15) is 5.21 Å². The second-order valence-electron chi connectivity index (χ2n) is 5.64. The first kappa shape index (κ1) is 13.2. The minimum absolute atomic E-state index is 0.898. The van der Waals surface area contributed by atoms with E-state index in [1.165, 1.54) is 23.8 Å². The summed E-state index contributed by atoms with van der Waals surface area (Å²) in [7, 11) is 0. The maximum absolute atomic E-state index is 12.5. The van der Waals surface area contributed by atoms with Crippen LogP contribution in [0.15, 0.2) is 30.5 Å². The number of benzene rings is 1. The van der Waals surface area contributed by atoms with E-state index in [4.69, 9.17) is 0 Å². The zero-order valence-electron chi connectivity index (χ0n) is 12.1. The molecule has 1 saturated heterocycles. The summed E-state index contributed by atoms with van der Waals surface area (Å²) in [6.07, 6.45) is 7.40. The van der Waals surface area contributed by atoms with E-state index in [0.29, 0.717) is 0 Å². The summed E-state index contributed by atoms with van der Waals surface area (Å²) in [6.45, 7) is 4.23. The van der Waals surface area contributed by atoms with Crippen LogP contribution in [0, 0.1) is 5.21 Å². The standard InChI is InChI=1S/C17H22N2O/c1-2-3-9-16-15-10-5-4-8-14(15)13-19(20)17(16)18-11-6-7-12-18/h4-5,8,10,13H,2-3,6-7,9,11-12H2,1H3. The zero-order chi connectivity index (χ0) is 13.9. The Morgan fingerprint density at radius 1 is 1.20 bits per heavy atom. The number of unbranched alkanes of at least 4 members (excludes halogenated alkanes) is 1. The molecule has 0 radical (unpaired) electrons. The molecule has 1 aromatic heterocycles. The number of anilines is 1. The Balaban J connectivity index is 2.16. The van der Waals surface area contributed by atoms with Gasteiger partial charge in [-0.25, -0.2) is 4.73 Å². The van der Waals surface area contributed by atoms with Crippen molar-refractivity contribution in [2.45, 2.75) is 39.0 Å². The predicted molar refractivity (Wildman–Crippen MR) is 83.0 cm³/mol. The Kier molecular flexibility index (Phi) is 3.77. The molecule has 0 spiro atoms. The average molecular weight is 270 g/mol. The number of pyridine rings is 1. The highest BCUT2D eigenvalue weighted by Gasteiger charge is 2.26. The Morgan fingerprint density at radius 2 is 1.95 bits per heavy atom. The second kappa shape index (κ2) is 5.70. The summed E-state index contributed by atoms with van der Waals surface area (Å²) in [5, 5.41) is 14.8. The van der Waals surface area contributed by atoms with Crippen molar-refractivity contribution in [2.75, 3.05) is 18.0 Å². The number of aromatic nitrogens is 1. The van der Waals surface area contributed by atoms with Crippen molar-refractivity contribution in [3.8, 4) is 0 Å². The monoisotopic (exact) mass is 270 g/mol. The third kappa shape index (κ3) is 2.33. The lowest BCUT2D eigenvalue weighted by molar-refractivity contribution is -0.591. The van der Waals surface area contributed by atoms with Gasteiger partial charge in [-0.1, -0.05) is 37.6 Å². The van der Waals surface area contributed by atoms with Gasteiger partial charge in [-0.3, -0.25) is 4.90 Å². The SMILES string of the molecule is CCCCc1c(N2CCCC2)[n+]([O-])cc2ccccc12. The number of nitrogens with zero attached hydrogens (tertiary/aromatic N) is 2. The van der Waals surface area contributed by atoms with Crippen molar-refractivity contribution in [3.05, 3.63) is 41.2 Å². The quantitative estimate of drug-likeness (QED) is 0.629. The summed E-state index contributed by atoms with van der Waals surface area (Å²) in [5.74, 6) is 0.898. The Labute approximate surface area is 120 Å². The number of hydrogen-bond acceptors (Lipinski definition) is 2. The molecule has 2 heterocycles. The minimum Gasteiger partial charge on any atom is -0.711 e. The Hall–Kier alpha value is -1.77. The number of fused-ring (bicyclic) bond motifs is 1. The van der Waals surface area contributed by atoms with Crippen molar-refractivity contribution in [3.63, 3.8) is 0 Å². The molecule has 3 rings (SSSR count). The van der Waals surface area contributed by atoms with Gasteiger partial charge in [0.05, 0.1) is 13.1 Å². The maximum atomic E-state index is 12.5. The molecule has 0 N–H and O–H groups in total. The minimum atomic E-state index is 0.898. The molecule has 3 heteroatoms. The largest absolute Gasteiger partial charge is 0.711 e. The number of aryl methyl sites for hydroxylation is 1. The molecule has 0 bridgehead atoms. The molecule has 1 aromatic carbocycles. The van der Waals surface area contributed by atoms with Crippen LogP contribution in [0.4, 0.5) is 5.82 Å². The zero-order valence-corrected chi connectivity index (χ0v) is 12.1. The molecular weight excluding hydrogens is 248 g/mol. The van der Waals surface area contributed by atoms with Crippen molar-refractivity contribution in [1.29, 1.82) is 0 Å². The Morgan fingerprint density at radius 3 is 2.70 bits per heavy atom. The van der Waals surface area contributed by atoms with Gasteiger partial charge in [0.25, 0.3) is 5.82 Å². The van der Waals surface area contributed by atoms with Gasteiger partial charge in [-0.05, 0) is 31.1 Å². The van der Waals surface area contributed by atoms with Crippen LogP contribution < -0.4 is 9.63 Å². The molecule has 0 saturated carbocycles. The van der Waals surface area contributed by atoms with Crippen LogP contribution in [0.2, 0.25) is 0 Å². The van der Waals surface area contributed by atoms with Crippen LogP contribution in [0.5, 0.6) is 0 Å². The lowest BCUT2D eigenvalue weighted by Gasteiger charge is -2.21. The summed E-state index contributed by atoms with van der Waals surface area (Å²) in [6, 6.07) is 8.26. The summed E-state index contributed by atoms with van der Waals surface area (Å²) in [5.41, 5.74) is 1.24. The summed E-state index contributed by atoms with van der Waals surface area (Å²) in [4.78, 5) is 2.27. The lowest BCUT2D eigenvalue weighted by atomic mass is 10.0. The van der Waals surface area contributed by atoms with Crippen molar-refractivity contribution in [2.24, 2.45) is 0 Å². The summed E-state index contributed by atoms with van der Waals surface area (Å²) < 4.78 is 1.10. The highest BCUT2D eigenvalue weighted by Crippen LogP contribution is 2.29. The van der Waals surface area contributed by atoms with Crippen LogP contribution in [-0.2, 0) is 6.42 Å². The fourth-order valence-corrected chi connectivity index (χ4v) is 3.18. The number of rotatable bonds is 4. The topological polar surface area (TPSA) is 30.2 Å². The average Bonchev–Trinajstić information content (AvgIpc) is 2.98. The molecule has 1 aliphatic rings. The first-order chi connectivity index (χ1) is 9.81. The second-order valence-corrected chi connectivity index (χ2v) is 5.64. The van der Waals surface area contributed by atoms with Crippen LogP contribution in [0.3, 0.4) is 0 Å². The van der Waals surface area contributed by atoms with Crippen LogP contribution in [0.25, 0.3) is 10.8 Å². The van der Waals surface area contributed by atoms with E-state index in [2.05, 4.69) is 24.0 Å². The fraction of sp³-hybridized carbons (Fsp3) is 0.471. The third-order valence-electron chi connectivity index (χ3n) is 4.21. The molecule has 0 unspecified atom stereocenters. The van der Waals surface area contributed by atoms with Crippen LogP contribution in [0.1, 0.15) is 38.2 Å². The van der Waals surface area contributed by atoms with Crippen molar-refractivity contribution in [1.82, 2.24) is 0 Å². The van der Waals surface area contributed by atoms with E-state index < -0.39 is 0 Å². The molecule has 20 heavy (non-hydrogen) atoms. The molecule has 0 amide bonds. The van der Waals surface area contributed by atoms with E-state index in [1.807, 2.05) is 12.1 Å². The van der Waals surface area contributed by atoms with E-state index in [-0.39, 0.29) is 0 Å². The fourth-order valence-electron chi connectivity index (χ4n) is 3.18. The molecule has 0 atom stereocenters. The molecule has 106 valence electrons. The molecule has 1 aliphatic heterocycles. The molecule has 2 aromatic rings. The molecular formula is C17H22N2O. The van der Waals surface area contributed by atoms with Crippen molar-refractivity contribution >= 4 is 16.6 Å². The Bertz CT molecular complexity index is 603.